The molecule has 3 aromatic rings. The molecule has 4 atom stereocenters. The van der Waals surface area contributed by atoms with Gasteiger partial charge in [-0.05, 0) is 55.2 Å². The number of hydrogen-bond donors (Lipinski definition) is 2. The van der Waals surface area contributed by atoms with Crippen molar-refractivity contribution in [2.75, 3.05) is 6.61 Å². The predicted molar refractivity (Wildman–Crippen MR) is 126 cm³/mol. The smallest absolute Gasteiger partial charge is 0.153 e. The van der Waals surface area contributed by atoms with Crippen molar-refractivity contribution in [2.45, 2.75) is 44.4 Å². The van der Waals surface area contributed by atoms with Gasteiger partial charge >= 0.3 is 0 Å². The predicted octanol–water partition coefficient (Wildman–Crippen LogP) is 4.60. The van der Waals surface area contributed by atoms with E-state index in [2.05, 4.69) is 47.6 Å². The van der Waals surface area contributed by atoms with E-state index in [9.17, 15) is 15.2 Å². The third-order valence-electron chi connectivity index (χ3n) is 7.83. The van der Waals surface area contributed by atoms with Crippen LogP contribution in [0.15, 0.2) is 54.6 Å². The van der Waals surface area contributed by atoms with Crippen LogP contribution in [0.3, 0.4) is 0 Å². The maximum Gasteiger partial charge on any atom is 0.153 e. The van der Waals surface area contributed by atoms with E-state index in [4.69, 9.17) is 5.10 Å². The zero-order chi connectivity index (χ0) is 23.0. The van der Waals surface area contributed by atoms with E-state index in [-0.39, 0.29) is 24.2 Å². The standard InChI is InChI=1S/C28H29N3O2/c1-18-24-13-12-23-25(20-9-5-7-19(15-20)8-6-14-32)30-31-27(23)28(24,16-21(17-29)26(18)33)22-10-3-2-4-11-22/h2-5,7,9-11,15,18,21,24,32H,6,8,12-14,16H2,1H3,(H,30,31)/t18?,21?,24?,28-/m1/s1. The molecule has 168 valence electrons. The molecule has 1 saturated carbocycles. The third-order valence-corrected chi connectivity index (χ3v) is 7.83. The van der Waals surface area contributed by atoms with Gasteiger partial charge in [-0.25, -0.2) is 0 Å². The molecule has 33 heavy (non-hydrogen) atoms. The summed E-state index contributed by atoms with van der Waals surface area (Å²) in [5, 5.41) is 27.3. The number of aliphatic hydroxyl groups excluding tert-OH is 1. The Morgan fingerprint density at radius 1 is 1.21 bits per heavy atom. The van der Waals surface area contributed by atoms with Crippen LogP contribution in [0.5, 0.6) is 0 Å². The van der Waals surface area contributed by atoms with Crippen LogP contribution in [0.2, 0.25) is 0 Å². The Morgan fingerprint density at radius 2 is 2.03 bits per heavy atom. The summed E-state index contributed by atoms with van der Waals surface area (Å²) in [6.07, 6.45) is 3.81. The topological polar surface area (TPSA) is 89.8 Å². The number of carbonyl (C=O) groups excluding carboxylic acids is 1. The lowest BCUT2D eigenvalue weighted by molar-refractivity contribution is -0.131. The number of benzene rings is 2. The van der Waals surface area contributed by atoms with Crippen LogP contribution in [0.4, 0.5) is 0 Å². The van der Waals surface area contributed by atoms with Crippen LogP contribution in [-0.2, 0) is 23.1 Å². The van der Waals surface area contributed by atoms with E-state index in [1.54, 1.807) is 0 Å². The van der Waals surface area contributed by atoms with Crippen LogP contribution in [0.1, 0.15) is 48.6 Å². The molecule has 2 aliphatic rings. The number of aliphatic hydroxyl groups is 1. The Bertz CT molecular complexity index is 1210. The average Bonchev–Trinajstić information content (AvgIpc) is 3.30. The number of ketones is 1. The Hall–Kier alpha value is -3.23. The normalized spacial score (nSPS) is 26.3. The Balaban J connectivity index is 1.67. The minimum Gasteiger partial charge on any atom is -0.396 e. The molecule has 0 spiro atoms. The monoisotopic (exact) mass is 439 g/mol. The molecule has 0 saturated heterocycles. The molecule has 5 rings (SSSR count). The van der Waals surface area contributed by atoms with Gasteiger partial charge in [0, 0.05) is 29.1 Å². The van der Waals surface area contributed by atoms with Gasteiger partial charge in [0.25, 0.3) is 0 Å². The van der Waals surface area contributed by atoms with E-state index in [0.717, 1.165) is 48.2 Å². The SMILES string of the molecule is CC1C(=O)C(C#N)C[C@]2(c3ccccc3)c3n[nH]c(-c4cccc(CCCO)c4)c3CCC12. The number of fused-ring (bicyclic) bond motifs is 3. The molecule has 0 bridgehead atoms. The maximum atomic E-state index is 13.0. The molecule has 1 heterocycles. The van der Waals surface area contributed by atoms with E-state index >= 15 is 0 Å². The number of H-pyrrole nitrogens is 1. The van der Waals surface area contributed by atoms with Crippen molar-refractivity contribution < 1.29 is 9.90 Å². The van der Waals surface area contributed by atoms with Gasteiger partial charge in [0.15, 0.2) is 5.78 Å². The highest BCUT2D eigenvalue weighted by atomic mass is 16.2. The van der Waals surface area contributed by atoms with Crippen molar-refractivity contribution in [2.24, 2.45) is 17.8 Å². The number of aromatic amines is 1. The summed E-state index contributed by atoms with van der Waals surface area (Å²) in [6.45, 7) is 2.18. The number of nitrogens with zero attached hydrogens (tertiary/aromatic N) is 2. The Morgan fingerprint density at radius 3 is 2.79 bits per heavy atom. The zero-order valence-corrected chi connectivity index (χ0v) is 18.9. The molecule has 0 radical (unpaired) electrons. The first kappa shape index (κ1) is 21.6. The van der Waals surface area contributed by atoms with Crippen molar-refractivity contribution in [1.29, 1.82) is 5.26 Å². The largest absolute Gasteiger partial charge is 0.396 e. The third kappa shape index (κ3) is 3.41. The summed E-state index contributed by atoms with van der Waals surface area (Å²) >= 11 is 0. The molecule has 3 unspecified atom stereocenters. The van der Waals surface area contributed by atoms with Crippen LogP contribution < -0.4 is 0 Å². The fraction of sp³-hybridized carbons (Fsp3) is 0.393. The van der Waals surface area contributed by atoms with Crippen molar-refractivity contribution in [3.05, 3.63) is 77.0 Å². The van der Waals surface area contributed by atoms with Gasteiger partial charge in [-0.3, -0.25) is 9.89 Å². The van der Waals surface area contributed by atoms with Gasteiger partial charge in [-0.1, -0.05) is 55.5 Å². The first-order valence-corrected chi connectivity index (χ1v) is 11.9. The number of hydrogen-bond acceptors (Lipinski definition) is 4. The van der Waals surface area contributed by atoms with E-state index in [0.29, 0.717) is 6.42 Å². The quantitative estimate of drug-likeness (QED) is 0.608. The highest BCUT2D eigenvalue weighted by molar-refractivity contribution is 5.87. The van der Waals surface area contributed by atoms with E-state index in [1.165, 1.54) is 11.1 Å². The van der Waals surface area contributed by atoms with Crippen LogP contribution in [0, 0.1) is 29.1 Å². The molecule has 1 aromatic heterocycles. The average molecular weight is 440 g/mol. The molecule has 2 aromatic carbocycles. The van der Waals surface area contributed by atoms with Crippen molar-refractivity contribution in [1.82, 2.24) is 10.2 Å². The van der Waals surface area contributed by atoms with Gasteiger partial charge < -0.3 is 5.11 Å². The second kappa shape index (κ2) is 8.61. The van der Waals surface area contributed by atoms with Crippen LogP contribution in [-0.4, -0.2) is 27.7 Å². The second-order valence-corrected chi connectivity index (χ2v) is 9.51. The van der Waals surface area contributed by atoms with E-state index in [1.807, 2.05) is 25.1 Å². The number of carbonyl (C=O) groups is 1. The molecule has 1 fully saturated rings. The lowest BCUT2D eigenvalue weighted by Crippen LogP contribution is -2.52. The molecule has 0 aliphatic heterocycles. The van der Waals surface area contributed by atoms with Gasteiger partial charge in [0.1, 0.15) is 5.92 Å². The zero-order valence-electron chi connectivity index (χ0n) is 18.9. The molecule has 0 amide bonds. The van der Waals surface area contributed by atoms with Gasteiger partial charge in [0.05, 0.1) is 17.5 Å². The highest BCUT2D eigenvalue weighted by Crippen LogP contribution is 2.56. The van der Waals surface area contributed by atoms with Gasteiger partial charge in [-0.2, -0.15) is 10.4 Å². The summed E-state index contributed by atoms with van der Waals surface area (Å²) in [5.41, 5.74) is 6.21. The number of aromatic nitrogens is 2. The van der Waals surface area contributed by atoms with Crippen molar-refractivity contribution in [3.63, 3.8) is 0 Å². The molecule has 2 aliphatic carbocycles. The summed E-state index contributed by atoms with van der Waals surface area (Å²) in [4.78, 5) is 13.0. The van der Waals surface area contributed by atoms with Gasteiger partial charge in [0.2, 0.25) is 0 Å². The molecular formula is C28H29N3O2. The molecule has 2 N–H and O–H groups in total. The second-order valence-electron chi connectivity index (χ2n) is 9.51. The summed E-state index contributed by atoms with van der Waals surface area (Å²) in [5.74, 6) is -0.607. The van der Waals surface area contributed by atoms with Crippen molar-refractivity contribution in [3.8, 4) is 17.3 Å². The van der Waals surface area contributed by atoms with E-state index < -0.39 is 11.3 Å². The summed E-state index contributed by atoms with van der Waals surface area (Å²) in [6, 6.07) is 21.1. The minimum absolute atomic E-state index is 0.0739. The van der Waals surface area contributed by atoms with Crippen molar-refractivity contribution >= 4 is 5.78 Å². The summed E-state index contributed by atoms with van der Waals surface area (Å²) in [7, 11) is 0. The number of nitriles is 1. The minimum atomic E-state index is -0.621. The number of nitrogens with one attached hydrogen (secondary N) is 1. The lowest BCUT2D eigenvalue weighted by atomic mass is 9.51. The fourth-order valence-corrected chi connectivity index (χ4v) is 6.28. The lowest BCUT2D eigenvalue weighted by Gasteiger charge is -2.50. The Labute approximate surface area is 194 Å². The highest BCUT2D eigenvalue weighted by Gasteiger charge is 2.56. The summed E-state index contributed by atoms with van der Waals surface area (Å²) < 4.78 is 0. The number of aryl methyl sites for hydroxylation is 1. The Kier molecular flexibility index (Phi) is 5.64. The maximum absolute atomic E-state index is 13.0. The van der Waals surface area contributed by atoms with Crippen LogP contribution in [0.25, 0.3) is 11.3 Å². The number of rotatable bonds is 5. The number of Topliss-reactive ketones (excluding diaryl/α,β-unsaturated/α-hetero) is 1. The molecule has 5 nitrogen and oxygen atoms in total. The van der Waals surface area contributed by atoms with Crippen LogP contribution >= 0.6 is 0 Å². The first-order chi connectivity index (χ1) is 16.1. The molecular weight excluding hydrogens is 410 g/mol. The van der Waals surface area contributed by atoms with Gasteiger partial charge in [-0.15, -0.1) is 0 Å². The first-order valence-electron chi connectivity index (χ1n) is 11.9. The molecule has 5 heteroatoms. The fourth-order valence-electron chi connectivity index (χ4n) is 6.28.